The number of aliphatic hydroxyl groups is 7. The Hall–Kier alpha value is -2.28. The molecule has 0 aromatic rings. The molecule has 0 aliphatic carbocycles. The zero-order valence-corrected chi connectivity index (χ0v) is 40.4. The standard InChI is InChI=1S/C51H90O15/c1-3-5-7-9-11-13-15-17-19-21-23-25-27-29-31-33-42(53)61-36-39(64-43(54)34-32-30-28-26-24-22-20-18-16-14-12-10-8-6-4-2)37-62-50-49(60)47(58)45(56)41(66-50)38-63-51-48(59)46(57)44(55)40(35-52)65-51/h5,7,11,13,17,19,39-41,44-52,55-60H,3-4,6,8-10,12,14-16,18,20-38H2,1-2H3/b7-5+,13-11+,19-17+/t39-,40-,41-,44+,45+,46?,47?,48?,49?,50-,51-/m1/s1. The van der Waals surface area contributed by atoms with E-state index in [1.807, 2.05) is 0 Å². The Balaban J connectivity index is 1.82. The third kappa shape index (κ3) is 26.5. The van der Waals surface area contributed by atoms with Gasteiger partial charge in [-0.05, 0) is 44.9 Å². The molecule has 11 atom stereocenters. The van der Waals surface area contributed by atoms with Crippen molar-refractivity contribution < 1.29 is 73.8 Å². The minimum Gasteiger partial charge on any atom is -0.462 e. The number of carbonyl (C=O) groups is 2. The maximum atomic E-state index is 13.0. The summed E-state index contributed by atoms with van der Waals surface area (Å²) in [7, 11) is 0. The number of hydrogen-bond donors (Lipinski definition) is 7. The van der Waals surface area contributed by atoms with Crippen molar-refractivity contribution in [2.75, 3.05) is 26.4 Å². The van der Waals surface area contributed by atoms with Crippen molar-refractivity contribution in [3.8, 4) is 0 Å². The van der Waals surface area contributed by atoms with Crippen LogP contribution in [0.4, 0.5) is 0 Å². The zero-order chi connectivity index (χ0) is 48.2. The molecule has 0 spiro atoms. The summed E-state index contributed by atoms with van der Waals surface area (Å²) in [6.45, 7) is 2.47. The van der Waals surface area contributed by atoms with Crippen LogP contribution in [0.2, 0.25) is 0 Å². The molecule has 0 saturated carbocycles. The Bertz CT molecular complexity index is 1290. The van der Waals surface area contributed by atoms with Crippen LogP contribution in [-0.2, 0) is 38.0 Å². The van der Waals surface area contributed by atoms with Gasteiger partial charge in [-0.25, -0.2) is 0 Å². The maximum Gasteiger partial charge on any atom is 0.306 e. The highest BCUT2D eigenvalue weighted by atomic mass is 16.7. The summed E-state index contributed by atoms with van der Waals surface area (Å²) in [5.41, 5.74) is 0. The fourth-order valence-corrected chi connectivity index (χ4v) is 7.94. The fourth-order valence-electron chi connectivity index (χ4n) is 7.94. The predicted molar refractivity (Wildman–Crippen MR) is 252 cm³/mol. The molecule has 15 nitrogen and oxygen atoms in total. The van der Waals surface area contributed by atoms with E-state index in [1.165, 1.54) is 70.6 Å². The Kier molecular flexibility index (Phi) is 35.0. The number of unbranched alkanes of at least 4 members (excludes halogenated alkanes) is 19. The summed E-state index contributed by atoms with van der Waals surface area (Å²) in [6, 6.07) is 0. The van der Waals surface area contributed by atoms with E-state index in [4.69, 9.17) is 28.4 Å². The molecule has 0 amide bonds. The van der Waals surface area contributed by atoms with Crippen LogP contribution in [0.5, 0.6) is 0 Å². The van der Waals surface area contributed by atoms with Crippen molar-refractivity contribution >= 4 is 11.9 Å². The lowest BCUT2D eigenvalue weighted by molar-refractivity contribution is -0.332. The molecule has 2 aliphatic heterocycles. The van der Waals surface area contributed by atoms with Gasteiger partial charge in [0.15, 0.2) is 18.7 Å². The second-order valence-electron chi connectivity index (χ2n) is 18.0. The first-order valence-corrected chi connectivity index (χ1v) is 25.6. The molecule has 0 aromatic carbocycles. The van der Waals surface area contributed by atoms with Crippen LogP contribution in [0.25, 0.3) is 0 Å². The first-order valence-electron chi connectivity index (χ1n) is 25.6. The molecule has 2 heterocycles. The summed E-state index contributed by atoms with van der Waals surface area (Å²) in [5, 5.41) is 72.0. The second kappa shape index (κ2) is 38.6. The largest absolute Gasteiger partial charge is 0.462 e. The molecule has 2 saturated heterocycles. The van der Waals surface area contributed by atoms with Crippen LogP contribution in [-0.4, -0.2) is 142 Å². The van der Waals surface area contributed by atoms with Crippen LogP contribution in [0.15, 0.2) is 36.5 Å². The predicted octanol–water partition coefficient (Wildman–Crippen LogP) is 6.93. The lowest BCUT2D eigenvalue weighted by Gasteiger charge is -2.42. The molecule has 7 N–H and O–H groups in total. The number of allylic oxidation sites excluding steroid dienone is 6. The van der Waals surface area contributed by atoms with Gasteiger partial charge in [0.25, 0.3) is 0 Å². The smallest absolute Gasteiger partial charge is 0.306 e. The van der Waals surface area contributed by atoms with Gasteiger partial charge < -0.3 is 64.2 Å². The van der Waals surface area contributed by atoms with Crippen LogP contribution >= 0.6 is 0 Å². The lowest BCUT2D eigenvalue weighted by Crippen LogP contribution is -2.61. The Morgan fingerprint density at radius 1 is 0.500 bits per heavy atom. The molecule has 15 heteroatoms. The average Bonchev–Trinajstić information content (AvgIpc) is 3.31. The van der Waals surface area contributed by atoms with Gasteiger partial charge >= 0.3 is 11.9 Å². The molecule has 0 bridgehead atoms. The maximum absolute atomic E-state index is 13.0. The van der Waals surface area contributed by atoms with E-state index in [0.717, 1.165) is 70.6 Å². The van der Waals surface area contributed by atoms with Crippen LogP contribution < -0.4 is 0 Å². The number of ether oxygens (including phenoxy) is 6. The lowest BCUT2D eigenvalue weighted by atomic mass is 9.98. The molecule has 2 rings (SSSR count). The van der Waals surface area contributed by atoms with Crippen molar-refractivity contribution in [1.82, 2.24) is 0 Å². The molecule has 0 radical (unpaired) electrons. The van der Waals surface area contributed by atoms with Gasteiger partial charge in [0.05, 0.1) is 19.8 Å². The van der Waals surface area contributed by atoms with Gasteiger partial charge in [0, 0.05) is 12.8 Å². The Morgan fingerprint density at radius 2 is 0.955 bits per heavy atom. The summed E-state index contributed by atoms with van der Waals surface area (Å²) in [5.74, 6) is -0.940. The first kappa shape index (κ1) is 59.8. The van der Waals surface area contributed by atoms with Gasteiger partial charge in [-0.1, -0.05) is 159 Å². The van der Waals surface area contributed by atoms with Crippen molar-refractivity contribution in [3.63, 3.8) is 0 Å². The van der Waals surface area contributed by atoms with Crippen molar-refractivity contribution in [1.29, 1.82) is 0 Å². The normalized spacial score (nSPS) is 26.4. The fraction of sp³-hybridized carbons (Fsp3) is 0.843. The summed E-state index contributed by atoms with van der Waals surface area (Å²) >= 11 is 0. The van der Waals surface area contributed by atoms with Gasteiger partial charge in [-0.2, -0.15) is 0 Å². The van der Waals surface area contributed by atoms with E-state index < -0.39 is 92.7 Å². The van der Waals surface area contributed by atoms with Gasteiger partial charge in [0.1, 0.15) is 55.4 Å². The van der Waals surface area contributed by atoms with E-state index in [-0.39, 0.29) is 26.1 Å². The van der Waals surface area contributed by atoms with Crippen LogP contribution in [0.3, 0.4) is 0 Å². The molecule has 0 aromatic heterocycles. The molecular weight excluding hydrogens is 853 g/mol. The highest BCUT2D eigenvalue weighted by molar-refractivity contribution is 5.70. The molecular formula is C51H90O15. The number of esters is 2. The van der Waals surface area contributed by atoms with Crippen molar-refractivity contribution in [2.24, 2.45) is 0 Å². The van der Waals surface area contributed by atoms with E-state index in [1.54, 1.807) is 0 Å². The summed E-state index contributed by atoms with van der Waals surface area (Å²) in [4.78, 5) is 25.7. The number of aliphatic hydroxyl groups excluding tert-OH is 7. The van der Waals surface area contributed by atoms with Crippen LogP contribution in [0, 0.1) is 0 Å². The number of carbonyl (C=O) groups excluding carboxylic acids is 2. The van der Waals surface area contributed by atoms with E-state index in [9.17, 15) is 45.3 Å². The Labute approximate surface area is 395 Å². The van der Waals surface area contributed by atoms with Gasteiger partial charge in [-0.15, -0.1) is 0 Å². The first-order chi connectivity index (χ1) is 32.0. The van der Waals surface area contributed by atoms with Gasteiger partial charge in [-0.3, -0.25) is 9.59 Å². The Morgan fingerprint density at radius 3 is 1.50 bits per heavy atom. The van der Waals surface area contributed by atoms with Crippen molar-refractivity contribution in [3.05, 3.63) is 36.5 Å². The molecule has 4 unspecified atom stereocenters. The second-order valence-corrected chi connectivity index (χ2v) is 18.0. The van der Waals surface area contributed by atoms with E-state index in [0.29, 0.717) is 12.8 Å². The minimum absolute atomic E-state index is 0.164. The highest BCUT2D eigenvalue weighted by Crippen LogP contribution is 2.26. The highest BCUT2D eigenvalue weighted by Gasteiger charge is 2.47. The SMILES string of the molecule is CC/C=C/C/C=C/C/C=C/CCCCCCCC(=O)OC[C@H](CO[C@@H]1O[C@H](CO[C@@H]2O[C@H](CO)[C@H](O)C(O)C2O)[C@H](O)C(O)C1O)OC(=O)CCCCCCCCCCCCCCCCC. The third-order valence-electron chi connectivity index (χ3n) is 12.1. The summed E-state index contributed by atoms with van der Waals surface area (Å²) < 4.78 is 33.6. The number of hydrogen-bond acceptors (Lipinski definition) is 15. The summed E-state index contributed by atoms with van der Waals surface area (Å²) in [6.07, 6.45) is 23.1. The van der Waals surface area contributed by atoms with E-state index >= 15 is 0 Å². The molecule has 2 fully saturated rings. The zero-order valence-electron chi connectivity index (χ0n) is 40.4. The average molecular weight is 943 g/mol. The monoisotopic (exact) mass is 943 g/mol. The van der Waals surface area contributed by atoms with Gasteiger partial charge in [0.2, 0.25) is 0 Å². The topological polar surface area (TPSA) is 231 Å². The quantitative estimate of drug-likeness (QED) is 0.0188. The van der Waals surface area contributed by atoms with Crippen LogP contribution in [0.1, 0.15) is 181 Å². The number of rotatable bonds is 39. The minimum atomic E-state index is -1.77. The van der Waals surface area contributed by atoms with E-state index in [2.05, 4.69) is 50.3 Å². The molecule has 384 valence electrons. The third-order valence-corrected chi connectivity index (χ3v) is 12.1. The molecule has 2 aliphatic rings. The van der Waals surface area contributed by atoms with Crippen molar-refractivity contribution in [2.45, 2.75) is 248 Å². The molecule has 66 heavy (non-hydrogen) atoms.